The quantitative estimate of drug-likeness (QED) is 0.756. The number of hydrogen-bond acceptors (Lipinski definition) is 5. The number of likely N-dealkylation sites (N-methyl/N-ethyl adjacent to an activating group) is 1. The second-order valence-electron chi connectivity index (χ2n) is 9.97. The standard InChI is InChI=1S/C25H37N3O4/c1-16-12-28(13-18-5-6-18)17(2)15-32-22-11-20(26-24(29)19-7-8-19)9-10-21(22)25(30)27(3)14-23(16)31-4/h9-11,16-19,23H,5-8,12-15H2,1-4H3,(H,26,29)/t16-,17-,23-/m1/s1. The zero-order valence-electron chi connectivity index (χ0n) is 19.8. The minimum absolute atomic E-state index is 0.0428. The van der Waals surface area contributed by atoms with E-state index in [0.717, 1.165) is 31.8 Å². The van der Waals surface area contributed by atoms with Crippen molar-refractivity contribution in [1.29, 1.82) is 0 Å². The molecule has 176 valence electrons. The number of fused-ring (bicyclic) bond motifs is 1. The Hall–Kier alpha value is -2.12. The summed E-state index contributed by atoms with van der Waals surface area (Å²) in [5.41, 5.74) is 1.19. The molecular formula is C25H37N3O4. The van der Waals surface area contributed by atoms with Crippen LogP contribution < -0.4 is 10.1 Å². The summed E-state index contributed by atoms with van der Waals surface area (Å²) >= 11 is 0. The molecule has 7 nitrogen and oxygen atoms in total. The Kier molecular flexibility index (Phi) is 7.05. The maximum absolute atomic E-state index is 13.3. The molecule has 2 fully saturated rings. The van der Waals surface area contributed by atoms with Crippen molar-refractivity contribution in [2.45, 2.75) is 51.7 Å². The summed E-state index contributed by atoms with van der Waals surface area (Å²) in [5, 5.41) is 2.97. The first-order chi connectivity index (χ1) is 15.4. The first-order valence-corrected chi connectivity index (χ1v) is 12.0. The third kappa shape index (κ3) is 5.62. The van der Waals surface area contributed by atoms with Crippen LogP contribution in [0, 0.1) is 17.8 Å². The first-order valence-electron chi connectivity index (χ1n) is 12.0. The van der Waals surface area contributed by atoms with Crippen LogP contribution in [0.15, 0.2) is 18.2 Å². The lowest BCUT2D eigenvalue weighted by Gasteiger charge is -2.36. The van der Waals surface area contributed by atoms with Crippen molar-refractivity contribution in [3.8, 4) is 5.75 Å². The normalized spacial score (nSPS) is 27.7. The number of nitrogens with zero attached hydrogens (tertiary/aromatic N) is 2. The van der Waals surface area contributed by atoms with E-state index in [1.165, 1.54) is 12.8 Å². The fourth-order valence-electron chi connectivity index (χ4n) is 4.40. The van der Waals surface area contributed by atoms with Crippen LogP contribution in [0.4, 0.5) is 5.69 Å². The SMILES string of the molecule is CO[C@@H]1CN(C)C(=O)c2ccc(NC(=O)C3CC3)cc2OC[C@@H](C)N(CC2CC2)C[C@H]1C. The van der Waals surface area contributed by atoms with Gasteiger partial charge < -0.3 is 19.7 Å². The van der Waals surface area contributed by atoms with Crippen LogP contribution in [-0.4, -0.2) is 74.2 Å². The fraction of sp³-hybridized carbons (Fsp3) is 0.680. The maximum Gasteiger partial charge on any atom is 0.257 e. The molecule has 3 aliphatic rings. The minimum atomic E-state index is -0.0996. The highest BCUT2D eigenvalue weighted by Gasteiger charge is 2.32. The monoisotopic (exact) mass is 443 g/mol. The Balaban J connectivity index is 1.60. The lowest BCUT2D eigenvalue weighted by Crippen LogP contribution is -2.47. The predicted molar refractivity (Wildman–Crippen MR) is 124 cm³/mol. The van der Waals surface area contributed by atoms with Crippen LogP contribution >= 0.6 is 0 Å². The molecule has 32 heavy (non-hydrogen) atoms. The van der Waals surface area contributed by atoms with Gasteiger partial charge in [0.25, 0.3) is 5.91 Å². The molecule has 1 heterocycles. The van der Waals surface area contributed by atoms with Gasteiger partial charge in [0.1, 0.15) is 12.4 Å². The Morgan fingerprint density at radius 1 is 1.19 bits per heavy atom. The fourth-order valence-corrected chi connectivity index (χ4v) is 4.40. The molecule has 0 saturated heterocycles. The smallest absolute Gasteiger partial charge is 0.257 e. The van der Waals surface area contributed by atoms with Gasteiger partial charge in [-0.3, -0.25) is 14.5 Å². The van der Waals surface area contributed by atoms with Crippen molar-refractivity contribution in [3.05, 3.63) is 23.8 Å². The highest BCUT2D eigenvalue weighted by Crippen LogP contribution is 2.33. The van der Waals surface area contributed by atoms with E-state index < -0.39 is 0 Å². The lowest BCUT2D eigenvalue weighted by molar-refractivity contribution is -0.117. The number of hydrogen-bond donors (Lipinski definition) is 1. The van der Waals surface area contributed by atoms with Crippen LogP contribution in [-0.2, 0) is 9.53 Å². The van der Waals surface area contributed by atoms with Crippen LogP contribution in [0.1, 0.15) is 49.9 Å². The van der Waals surface area contributed by atoms with Gasteiger partial charge in [0, 0.05) is 57.5 Å². The Labute approximate surface area is 191 Å². The zero-order chi connectivity index (χ0) is 22.8. The lowest BCUT2D eigenvalue weighted by atomic mass is 10.0. The number of rotatable bonds is 5. The number of nitrogens with one attached hydrogen (secondary N) is 1. The van der Waals surface area contributed by atoms with Gasteiger partial charge in [-0.15, -0.1) is 0 Å². The van der Waals surface area contributed by atoms with Crippen molar-refractivity contribution >= 4 is 17.5 Å². The highest BCUT2D eigenvalue weighted by atomic mass is 16.5. The van der Waals surface area contributed by atoms with Crippen molar-refractivity contribution in [2.24, 2.45) is 17.8 Å². The number of ether oxygens (including phenoxy) is 2. The molecule has 0 spiro atoms. The second-order valence-corrected chi connectivity index (χ2v) is 9.97. The predicted octanol–water partition coefficient (Wildman–Crippen LogP) is 3.25. The van der Waals surface area contributed by atoms with E-state index in [1.54, 1.807) is 30.2 Å². The van der Waals surface area contributed by atoms with E-state index in [0.29, 0.717) is 30.2 Å². The molecule has 3 atom stereocenters. The molecule has 2 amide bonds. The van der Waals surface area contributed by atoms with E-state index in [1.807, 2.05) is 7.05 Å². The molecule has 2 saturated carbocycles. The third-order valence-corrected chi connectivity index (χ3v) is 6.98. The number of methoxy groups -OCH3 is 1. The largest absolute Gasteiger partial charge is 0.491 e. The average Bonchev–Trinajstić information content (AvgIpc) is 3.68. The van der Waals surface area contributed by atoms with Crippen molar-refractivity contribution < 1.29 is 19.1 Å². The van der Waals surface area contributed by atoms with Crippen molar-refractivity contribution in [2.75, 3.05) is 45.7 Å². The number of carbonyl (C=O) groups is 2. The van der Waals surface area contributed by atoms with Crippen LogP contribution in [0.2, 0.25) is 0 Å². The van der Waals surface area contributed by atoms with Gasteiger partial charge in [0.05, 0.1) is 11.7 Å². The Morgan fingerprint density at radius 3 is 2.59 bits per heavy atom. The van der Waals surface area contributed by atoms with E-state index in [2.05, 4.69) is 24.1 Å². The summed E-state index contributed by atoms with van der Waals surface area (Å²) < 4.78 is 12.0. The third-order valence-electron chi connectivity index (χ3n) is 6.98. The number of anilines is 1. The van der Waals surface area contributed by atoms with E-state index in [9.17, 15) is 9.59 Å². The number of amides is 2. The summed E-state index contributed by atoms with van der Waals surface area (Å²) in [6.45, 7) is 7.38. The zero-order valence-corrected chi connectivity index (χ0v) is 19.8. The number of carbonyl (C=O) groups excluding carboxylic acids is 2. The molecule has 1 N–H and O–H groups in total. The first kappa shape index (κ1) is 23.1. The Bertz CT molecular complexity index is 836. The molecule has 0 radical (unpaired) electrons. The van der Waals surface area contributed by atoms with Gasteiger partial charge in [-0.05, 0) is 56.6 Å². The van der Waals surface area contributed by atoms with Gasteiger partial charge in [0.15, 0.2) is 0 Å². The molecule has 0 unspecified atom stereocenters. The maximum atomic E-state index is 13.3. The molecule has 2 aliphatic carbocycles. The molecule has 1 aliphatic heterocycles. The van der Waals surface area contributed by atoms with Crippen LogP contribution in [0.3, 0.4) is 0 Å². The molecular weight excluding hydrogens is 406 g/mol. The number of benzene rings is 1. The summed E-state index contributed by atoms with van der Waals surface area (Å²) in [4.78, 5) is 29.7. The van der Waals surface area contributed by atoms with Gasteiger partial charge >= 0.3 is 0 Å². The molecule has 1 aromatic carbocycles. The molecule has 7 heteroatoms. The summed E-state index contributed by atoms with van der Waals surface area (Å²) in [6.07, 6.45) is 4.46. The van der Waals surface area contributed by atoms with Gasteiger partial charge in [0.2, 0.25) is 5.91 Å². The Morgan fingerprint density at radius 2 is 1.94 bits per heavy atom. The van der Waals surface area contributed by atoms with Gasteiger partial charge in [-0.2, -0.15) is 0 Å². The minimum Gasteiger partial charge on any atom is -0.491 e. The molecule has 0 bridgehead atoms. The topological polar surface area (TPSA) is 71.1 Å². The molecule has 1 aromatic rings. The second kappa shape index (κ2) is 9.79. The molecule has 0 aromatic heterocycles. The van der Waals surface area contributed by atoms with E-state index in [-0.39, 0.29) is 35.8 Å². The van der Waals surface area contributed by atoms with Crippen molar-refractivity contribution in [3.63, 3.8) is 0 Å². The summed E-state index contributed by atoms with van der Waals surface area (Å²) in [6, 6.07) is 5.56. The van der Waals surface area contributed by atoms with Gasteiger partial charge in [-0.25, -0.2) is 0 Å². The summed E-state index contributed by atoms with van der Waals surface area (Å²) in [5.74, 6) is 1.65. The summed E-state index contributed by atoms with van der Waals surface area (Å²) in [7, 11) is 3.54. The van der Waals surface area contributed by atoms with Crippen LogP contribution in [0.25, 0.3) is 0 Å². The van der Waals surface area contributed by atoms with Crippen molar-refractivity contribution in [1.82, 2.24) is 9.80 Å². The average molecular weight is 444 g/mol. The van der Waals surface area contributed by atoms with E-state index >= 15 is 0 Å². The molecule has 4 rings (SSSR count). The van der Waals surface area contributed by atoms with E-state index in [4.69, 9.17) is 9.47 Å². The highest BCUT2D eigenvalue weighted by molar-refractivity contribution is 5.99. The van der Waals surface area contributed by atoms with Gasteiger partial charge in [-0.1, -0.05) is 6.92 Å². The van der Waals surface area contributed by atoms with Crippen LogP contribution in [0.5, 0.6) is 5.75 Å².